The number of amides is 1. The number of carboxylic acids is 1. The summed E-state index contributed by atoms with van der Waals surface area (Å²) >= 11 is 0. The number of carbonyl (C=O) groups excluding carboxylic acids is 1. The predicted molar refractivity (Wildman–Crippen MR) is 72.7 cm³/mol. The van der Waals surface area contributed by atoms with Crippen LogP contribution in [0.15, 0.2) is 35.1 Å². The molecule has 1 aliphatic rings. The number of rotatable bonds is 2. The van der Waals surface area contributed by atoms with Crippen LogP contribution in [0.1, 0.15) is 27.4 Å². The number of fused-ring (bicyclic) bond motifs is 1. The Hall–Kier alpha value is -2.63. The van der Waals surface area contributed by atoms with E-state index in [1.54, 1.807) is 6.92 Å². The van der Waals surface area contributed by atoms with Crippen molar-refractivity contribution in [2.75, 3.05) is 0 Å². The van der Waals surface area contributed by atoms with Crippen molar-refractivity contribution < 1.29 is 19.1 Å². The van der Waals surface area contributed by atoms with Gasteiger partial charge < -0.3 is 14.4 Å². The summed E-state index contributed by atoms with van der Waals surface area (Å²) in [6.07, 6.45) is 1.49. The van der Waals surface area contributed by atoms with Gasteiger partial charge in [-0.05, 0) is 18.1 Å². The number of aromatic nitrogens is 1. The van der Waals surface area contributed by atoms with E-state index in [0.717, 1.165) is 11.1 Å². The Balaban J connectivity index is 1.98. The highest BCUT2D eigenvalue weighted by Gasteiger charge is 2.36. The van der Waals surface area contributed by atoms with Gasteiger partial charge in [-0.15, -0.1) is 0 Å². The zero-order valence-corrected chi connectivity index (χ0v) is 11.4. The highest BCUT2D eigenvalue weighted by molar-refractivity contribution is 5.96. The van der Waals surface area contributed by atoms with E-state index in [1.165, 1.54) is 11.3 Å². The predicted octanol–water partition coefficient (Wildman–Crippen LogP) is 1.63. The topological polar surface area (TPSA) is 83.6 Å². The van der Waals surface area contributed by atoms with E-state index in [0.29, 0.717) is 12.2 Å². The average Bonchev–Trinajstić information content (AvgIpc) is 2.91. The van der Waals surface area contributed by atoms with Crippen LogP contribution in [0.5, 0.6) is 0 Å². The van der Waals surface area contributed by atoms with Gasteiger partial charge in [0.2, 0.25) is 0 Å². The van der Waals surface area contributed by atoms with E-state index in [1.807, 2.05) is 24.3 Å². The van der Waals surface area contributed by atoms with Gasteiger partial charge in [0.05, 0.1) is 0 Å². The highest BCUT2D eigenvalue weighted by Crippen LogP contribution is 2.25. The molecule has 0 radical (unpaired) electrons. The summed E-state index contributed by atoms with van der Waals surface area (Å²) in [7, 11) is 0. The van der Waals surface area contributed by atoms with E-state index in [4.69, 9.17) is 4.42 Å². The van der Waals surface area contributed by atoms with Crippen LogP contribution < -0.4 is 0 Å². The molecular weight excluding hydrogens is 272 g/mol. The molecule has 108 valence electrons. The summed E-state index contributed by atoms with van der Waals surface area (Å²) in [5, 5.41) is 9.41. The van der Waals surface area contributed by atoms with Crippen LogP contribution in [0.4, 0.5) is 0 Å². The number of nitrogens with zero attached hydrogens (tertiary/aromatic N) is 2. The Morgan fingerprint density at radius 1 is 1.33 bits per heavy atom. The van der Waals surface area contributed by atoms with Crippen LogP contribution >= 0.6 is 0 Å². The average molecular weight is 286 g/mol. The van der Waals surface area contributed by atoms with E-state index < -0.39 is 17.9 Å². The van der Waals surface area contributed by atoms with Gasteiger partial charge in [-0.25, -0.2) is 9.78 Å². The van der Waals surface area contributed by atoms with Crippen molar-refractivity contribution in [1.29, 1.82) is 0 Å². The lowest BCUT2D eigenvalue weighted by atomic mass is 9.93. The molecule has 0 fully saturated rings. The van der Waals surface area contributed by atoms with Gasteiger partial charge in [-0.2, -0.15) is 0 Å². The summed E-state index contributed by atoms with van der Waals surface area (Å²) in [5.74, 6) is -1.04. The summed E-state index contributed by atoms with van der Waals surface area (Å²) in [6.45, 7) is 1.90. The summed E-state index contributed by atoms with van der Waals surface area (Å²) in [6, 6.07) is 6.67. The Labute approximate surface area is 121 Å². The van der Waals surface area contributed by atoms with Crippen molar-refractivity contribution in [3.63, 3.8) is 0 Å². The maximum atomic E-state index is 12.5. The van der Waals surface area contributed by atoms with Gasteiger partial charge in [-0.3, -0.25) is 4.79 Å². The molecule has 1 aromatic carbocycles. The first-order chi connectivity index (χ1) is 10.1. The first kappa shape index (κ1) is 13.4. The van der Waals surface area contributed by atoms with Crippen molar-refractivity contribution >= 4 is 11.9 Å². The Morgan fingerprint density at radius 3 is 2.67 bits per heavy atom. The van der Waals surface area contributed by atoms with Gasteiger partial charge in [-0.1, -0.05) is 24.3 Å². The number of hydrogen-bond donors (Lipinski definition) is 1. The molecule has 0 unspecified atom stereocenters. The third kappa shape index (κ3) is 2.29. The molecule has 21 heavy (non-hydrogen) atoms. The first-order valence-electron chi connectivity index (χ1n) is 6.58. The molecule has 2 heterocycles. The second-order valence-electron chi connectivity index (χ2n) is 5.02. The zero-order valence-electron chi connectivity index (χ0n) is 11.4. The normalized spacial score (nSPS) is 17.4. The second kappa shape index (κ2) is 5.05. The molecule has 0 spiro atoms. The fourth-order valence-electron chi connectivity index (χ4n) is 2.60. The van der Waals surface area contributed by atoms with Crippen molar-refractivity contribution in [2.45, 2.75) is 25.9 Å². The molecule has 1 aliphatic heterocycles. The number of carbonyl (C=O) groups is 2. The van der Waals surface area contributed by atoms with Gasteiger partial charge in [0, 0.05) is 13.0 Å². The number of benzene rings is 1. The fraction of sp³-hybridized carbons (Fsp3) is 0.267. The standard InChI is InChI=1S/C15H14N2O4/c1-9-13(16-8-21-9)14(18)17-7-11-5-3-2-4-10(11)6-12(17)15(19)20/h2-5,8,12H,6-7H2,1H3,(H,19,20)/t12-/m1/s1. The minimum Gasteiger partial charge on any atom is -0.480 e. The largest absolute Gasteiger partial charge is 0.480 e. The van der Waals surface area contributed by atoms with E-state index >= 15 is 0 Å². The SMILES string of the molecule is Cc1ocnc1C(=O)N1Cc2ccccc2C[C@@H]1C(=O)O. The molecule has 6 heteroatoms. The van der Waals surface area contributed by atoms with E-state index in [-0.39, 0.29) is 12.2 Å². The molecule has 1 N–H and O–H groups in total. The molecule has 6 nitrogen and oxygen atoms in total. The number of oxazole rings is 1. The smallest absolute Gasteiger partial charge is 0.326 e. The van der Waals surface area contributed by atoms with Crippen molar-refractivity contribution in [3.8, 4) is 0 Å². The van der Waals surface area contributed by atoms with Crippen LogP contribution in [0.25, 0.3) is 0 Å². The maximum absolute atomic E-state index is 12.5. The van der Waals surface area contributed by atoms with Gasteiger partial charge in [0.15, 0.2) is 12.1 Å². The Morgan fingerprint density at radius 2 is 2.05 bits per heavy atom. The number of carboxylic acid groups (broad SMARTS) is 1. The third-order valence-corrected chi connectivity index (χ3v) is 3.74. The Kier molecular flexibility index (Phi) is 3.21. The zero-order chi connectivity index (χ0) is 15.0. The number of hydrogen-bond acceptors (Lipinski definition) is 4. The minimum atomic E-state index is -1.01. The van der Waals surface area contributed by atoms with Gasteiger partial charge in [0.1, 0.15) is 11.8 Å². The van der Waals surface area contributed by atoms with E-state index in [9.17, 15) is 14.7 Å². The van der Waals surface area contributed by atoms with Crippen molar-refractivity contribution in [1.82, 2.24) is 9.88 Å². The summed E-state index contributed by atoms with van der Waals surface area (Å²) < 4.78 is 5.04. The number of aryl methyl sites for hydroxylation is 1. The molecule has 0 bridgehead atoms. The van der Waals surface area contributed by atoms with Crippen molar-refractivity contribution in [3.05, 3.63) is 53.2 Å². The molecule has 0 aliphatic carbocycles. The molecule has 2 aromatic rings. The highest BCUT2D eigenvalue weighted by atomic mass is 16.4. The molecule has 1 aromatic heterocycles. The molecule has 1 amide bonds. The number of aliphatic carboxylic acids is 1. The van der Waals surface area contributed by atoms with Gasteiger partial charge in [0.25, 0.3) is 5.91 Å². The quantitative estimate of drug-likeness (QED) is 0.907. The molecule has 1 atom stereocenters. The van der Waals surface area contributed by atoms with Crippen LogP contribution in [0.2, 0.25) is 0 Å². The monoisotopic (exact) mass is 286 g/mol. The van der Waals surface area contributed by atoms with Crippen LogP contribution in [-0.2, 0) is 17.8 Å². The van der Waals surface area contributed by atoms with Gasteiger partial charge >= 0.3 is 5.97 Å². The fourth-order valence-corrected chi connectivity index (χ4v) is 2.60. The molecule has 3 rings (SSSR count). The van der Waals surface area contributed by atoms with Crippen LogP contribution in [0.3, 0.4) is 0 Å². The summed E-state index contributed by atoms with van der Waals surface area (Å²) in [4.78, 5) is 29.3. The lowest BCUT2D eigenvalue weighted by Gasteiger charge is -2.34. The lowest BCUT2D eigenvalue weighted by molar-refractivity contribution is -0.142. The van der Waals surface area contributed by atoms with Crippen LogP contribution in [0, 0.1) is 6.92 Å². The Bertz CT molecular complexity index is 707. The maximum Gasteiger partial charge on any atom is 0.326 e. The lowest BCUT2D eigenvalue weighted by Crippen LogP contribution is -2.48. The van der Waals surface area contributed by atoms with Crippen molar-refractivity contribution in [2.24, 2.45) is 0 Å². The minimum absolute atomic E-state index is 0.167. The van der Waals surface area contributed by atoms with E-state index in [2.05, 4.69) is 4.98 Å². The first-order valence-corrected chi connectivity index (χ1v) is 6.58. The summed E-state index contributed by atoms with van der Waals surface area (Å²) in [5.41, 5.74) is 2.09. The molecule has 0 saturated heterocycles. The third-order valence-electron chi connectivity index (χ3n) is 3.74. The molecule has 0 saturated carbocycles. The second-order valence-corrected chi connectivity index (χ2v) is 5.02. The molecular formula is C15H14N2O4. The van der Waals surface area contributed by atoms with Crippen LogP contribution in [-0.4, -0.2) is 32.9 Å².